The first-order valence-electron chi connectivity index (χ1n) is 29.8. The molecule has 1 atom stereocenters. The molecule has 0 amide bonds. The van der Waals surface area contributed by atoms with Crippen molar-refractivity contribution < 1.29 is 0 Å². The second-order valence-corrected chi connectivity index (χ2v) is 24.3. The van der Waals surface area contributed by atoms with Crippen molar-refractivity contribution in [2.24, 2.45) is 0 Å². The van der Waals surface area contributed by atoms with E-state index in [4.69, 9.17) is 0 Å². The lowest BCUT2D eigenvalue weighted by atomic mass is 9.61. The standard InChI is InChI=1S/C81H63N3/c1-79(2)69-41-25-23-39-62(69)63-47-48-71-65(77(63)79)45-46-66-72(81(71,54-27-11-5-12-28-54)55-29-13-6-14-30-55)53-75(76-64-40-24-26-42-70(64)80(3,4)78(66)76)84-73-49-43-60(82(56-31-15-7-16-32-56)57-33-17-8-18-34-57)51-67(73)68-52-61(44-50-74(68)84)83(58-35-19-9-20-36-58)59-37-21-10-22-38-59/h5-37,39-53,59H,38H2,1-4H3. The van der Waals surface area contributed by atoms with Crippen molar-refractivity contribution in [3.8, 4) is 27.9 Å². The number of hydrogen-bond acceptors (Lipinski definition) is 2. The first-order valence-corrected chi connectivity index (χ1v) is 29.8. The fourth-order valence-corrected chi connectivity index (χ4v) is 15.6. The highest BCUT2D eigenvalue weighted by molar-refractivity contribution is 6.13. The minimum Gasteiger partial charge on any atom is -0.334 e. The summed E-state index contributed by atoms with van der Waals surface area (Å²) < 4.78 is 2.64. The molecule has 402 valence electrons. The Bertz CT molecular complexity index is 4600. The van der Waals surface area contributed by atoms with E-state index in [1.54, 1.807) is 0 Å². The van der Waals surface area contributed by atoms with Crippen molar-refractivity contribution in [1.82, 2.24) is 4.57 Å². The van der Waals surface area contributed by atoms with Gasteiger partial charge in [0, 0.05) is 55.6 Å². The number of rotatable bonds is 9. The van der Waals surface area contributed by atoms with Gasteiger partial charge in [0.1, 0.15) is 0 Å². The average molecular weight is 1080 g/mol. The summed E-state index contributed by atoms with van der Waals surface area (Å²) in [5.74, 6) is 0. The molecule has 0 fully saturated rings. The second kappa shape index (κ2) is 19.1. The van der Waals surface area contributed by atoms with Gasteiger partial charge in [-0.1, -0.05) is 240 Å². The molecule has 0 aliphatic heterocycles. The summed E-state index contributed by atoms with van der Waals surface area (Å²) in [5, 5.41) is 2.37. The van der Waals surface area contributed by atoms with Gasteiger partial charge in [-0.2, -0.15) is 0 Å². The first kappa shape index (κ1) is 49.8. The fourth-order valence-electron chi connectivity index (χ4n) is 15.6. The molecule has 1 aromatic heterocycles. The molecule has 0 N–H and O–H groups in total. The Hall–Kier alpha value is -9.96. The predicted molar refractivity (Wildman–Crippen MR) is 353 cm³/mol. The van der Waals surface area contributed by atoms with Crippen molar-refractivity contribution in [2.75, 3.05) is 9.80 Å². The van der Waals surface area contributed by atoms with Crippen LogP contribution in [0.15, 0.2) is 279 Å². The largest absolute Gasteiger partial charge is 0.334 e. The van der Waals surface area contributed by atoms with E-state index in [0.29, 0.717) is 0 Å². The lowest BCUT2D eigenvalue weighted by Crippen LogP contribution is -2.34. The normalized spacial score (nSPS) is 16.1. The number of hydrogen-bond donors (Lipinski definition) is 0. The van der Waals surface area contributed by atoms with Crippen LogP contribution in [0.4, 0.5) is 28.4 Å². The zero-order chi connectivity index (χ0) is 56.3. The molecule has 0 radical (unpaired) electrons. The third-order valence-electron chi connectivity index (χ3n) is 19.1. The topological polar surface area (TPSA) is 11.4 Å². The van der Waals surface area contributed by atoms with Crippen LogP contribution in [0.5, 0.6) is 0 Å². The molecule has 1 heterocycles. The summed E-state index contributed by atoms with van der Waals surface area (Å²) in [6, 6.07) is 95.9. The maximum atomic E-state index is 2.64. The molecule has 12 aromatic rings. The Morgan fingerprint density at radius 1 is 0.393 bits per heavy atom. The SMILES string of the molecule is CC1(C)c2ccccc2-c2ccc3c(c21)C=Cc1c(cc(-n2c4ccc(N(c5ccccc5)c5ccccc5)cc4c4cc(N(c5ccccc5)C5C=CC=CC5)ccc42)c2c1C(C)(C)c1ccccc1-2)C3(c1ccccc1)c1ccccc1. The highest BCUT2D eigenvalue weighted by atomic mass is 15.2. The van der Waals surface area contributed by atoms with Gasteiger partial charge >= 0.3 is 0 Å². The number of anilines is 5. The smallest absolute Gasteiger partial charge is 0.0714 e. The molecule has 3 heteroatoms. The number of fused-ring (bicyclic) bond motifs is 13. The van der Waals surface area contributed by atoms with Gasteiger partial charge in [0.05, 0.1) is 28.2 Å². The Morgan fingerprint density at radius 3 is 1.49 bits per heavy atom. The van der Waals surface area contributed by atoms with Crippen molar-refractivity contribution in [1.29, 1.82) is 0 Å². The van der Waals surface area contributed by atoms with Crippen molar-refractivity contribution in [3.63, 3.8) is 0 Å². The van der Waals surface area contributed by atoms with E-state index < -0.39 is 5.41 Å². The van der Waals surface area contributed by atoms with Gasteiger partial charge < -0.3 is 14.4 Å². The van der Waals surface area contributed by atoms with Crippen molar-refractivity contribution in [3.05, 3.63) is 335 Å². The second-order valence-electron chi connectivity index (χ2n) is 24.3. The van der Waals surface area contributed by atoms with E-state index in [9.17, 15) is 0 Å². The molecular weight excluding hydrogens is 1010 g/mol. The molecule has 3 nitrogen and oxygen atoms in total. The summed E-state index contributed by atoms with van der Waals surface area (Å²) in [4.78, 5) is 4.93. The van der Waals surface area contributed by atoms with Gasteiger partial charge in [0.25, 0.3) is 0 Å². The Balaban J connectivity index is 1.05. The molecule has 1 unspecified atom stereocenters. The molecule has 0 spiro atoms. The summed E-state index contributed by atoms with van der Waals surface area (Å²) in [6.45, 7) is 9.81. The minimum atomic E-state index is -0.770. The Labute approximate surface area is 493 Å². The third kappa shape index (κ3) is 7.24. The van der Waals surface area contributed by atoms with Crippen LogP contribution in [-0.4, -0.2) is 10.6 Å². The zero-order valence-corrected chi connectivity index (χ0v) is 47.8. The molecule has 0 saturated carbocycles. The Morgan fingerprint density at radius 2 is 0.893 bits per heavy atom. The highest BCUT2D eigenvalue weighted by Crippen LogP contribution is 2.61. The number of nitrogens with zero attached hydrogens (tertiary/aromatic N) is 3. The summed E-state index contributed by atoms with van der Waals surface area (Å²) in [6.07, 6.45) is 15.0. The molecule has 84 heavy (non-hydrogen) atoms. The summed E-state index contributed by atoms with van der Waals surface area (Å²) in [5.41, 5.74) is 26.0. The van der Waals surface area contributed by atoms with E-state index >= 15 is 0 Å². The summed E-state index contributed by atoms with van der Waals surface area (Å²) in [7, 11) is 0. The molecular formula is C81H63N3. The van der Waals surface area contributed by atoms with Crippen LogP contribution >= 0.6 is 0 Å². The van der Waals surface area contributed by atoms with E-state index in [0.717, 1.165) is 45.9 Å². The van der Waals surface area contributed by atoms with Gasteiger partial charge in [-0.3, -0.25) is 0 Å². The predicted octanol–water partition coefficient (Wildman–Crippen LogP) is 20.8. The van der Waals surface area contributed by atoms with Gasteiger partial charge in [0.2, 0.25) is 0 Å². The van der Waals surface area contributed by atoms with Crippen LogP contribution in [0, 0.1) is 0 Å². The molecule has 4 aliphatic carbocycles. The van der Waals surface area contributed by atoms with Crippen molar-refractivity contribution >= 4 is 62.4 Å². The number of aromatic nitrogens is 1. The molecule has 4 aliphatic rings. The molecule has 0 bridgehead atoms. The molecule has 11 aromatic carbocycles. The van der Waals surface area contributed by atoms with Crippen molar-refractivity contribution in [2.45, 2.75) is 56.4 Å². The number of allylic oxidation sites excluding steroid dienone is 2. The lowest BCUT2D eigenvalue weighted by molar-refractivity contribution is 0.648. The van der Waals surface area contributed by atoms with Crippen LogP contribution in [0.25, 0.3) is 61.9 Å². The number of benzene rings is 11. The zero-order valence-electron chi connectivity index (χ0n) is 47.8. The van der Waals surface area contributed by atoms with Crippen LogP contribution in [0.3, 0.4) is 0 Å². The molecule has 0 saturated heterocycles. The monoisotopic (exact) mass is 1080 g/mol. The van der Waals surface area contributed by atoms with E-state index in [2.05, 4.69) is 333 Å². The van der Waals surface area contributed by atoms with Crippen LogP contribution < -0.4 is 9.80 Å². The third-order valence-corrected chi connectivity index (χ3v) is 19.1. The van der Waals surface area contributed by atoms with Crippen LogP contribution in [0.2, 0.25) is 0 Å². The van der Waals surface area contributed by atoms with Gasteiger partial charge in [-0.05, 0) is 158 Å². The minimum absolute atomic E-state index is 0.137. The number of para-hydroxylation sites is 3. The van der Waals surface area contributed by atoms with Gasteiger partial charge in [-0.15, -0.1) is 0 Å². The van der Waals surface area contributed by atoms with Crippen LogP contribution in [-0.2, 0) is 16.2 Å². The average Bonchev–Trinajstić information content (AvgIpc) is 1.90. The van der Waals surface area contributed by atoms with E-state index in [1.165, 1.54) is 94.3 Å². The lowest BCUT2D eigenvalue weighted by Gasteiger charge is -2.40. The summed E-state index contributed by atoms with van der Waals surface area (Å²) >= 11 is 0. The maximum absolute atomic E-state index is 2.64. The molecule has 16 rings (SSSR count). The van der Waals surface area contributed by atoms with Gasteiger partial charge in [0.15, 0.2) is 0 Å². The van der Waals surface area contributed by atoms with Gasteiger partial charge in [-0.25, -0.2) is 0 Å². The first-order chi connectivity index (χ1) is 41.2. The van der Waals surface area contributed by atoms with E-state index in [1.807, 2.05) is 0 Å². The van der Waals surface area contributed by atoms with Crippen LogP contribution in [0.1, 0.15) is 89.8 Å². The quantitative estimate of drug-likeness (QED) is 0.143. The Kier molecular flexibility index (Phi) is 11.3. The van der Waals surface area contributed by atoms with E-state index in [-0.39, 0.29) is 16.9 Å². The maximum Gasteiger partial charge on any atom is 0.0714 e. The fraction of sp³-hybridized carbons (Fsp3) is 0.111. The highest BCUT2D eigenvalue weighted by Gasteiger charge is 2.49.